The Kier molecular flexibility index (Phi) is 7.78. The molecule has 0 saturated carbocycles. The van der Waals surface area contributed by atoms with E-state index >= 15 is 0 Å². The minimum atomic E-state index is -0.968. The van der Waals surface area contributed by atoms with Crippen molar-refractivity contribution in [2.75, 3.05) is 20.6 Å². The molecule has 0 aliphatic heterocycles. The summed E-state index contributed by atoms with van der Waals surface area (Å²) in [6.45, 7) is 2.26. The van der Waals surface area contributed by atoms with Crippen LogP contribution in [0.15, 0.2) is 65.7 Å². The van der Waals surface area contributed by atoms with E-state index in [4.69, 9.17) is 0 Å². The highest BCUT2D eigenvalue weighted by Crippen LogP contribution is 2.22. The van der Waals surface area contributed by atoms with Gasteiger partial charge in [0.05, 0.1) is 18.8 Å². The van der Waals surface area contributed by atoms with E-state index in [-0.39, 0.29) is 23.6 Å². The van der Waals surface area contributed by atoms with Gasteiger partial charge in [-0.3, -0.25) is 9.59 Å². The molecule has 190 valence electrons. The third kappa shape index (κ3) is 6.47. The van der Waals surface area contributed by atoms with Gasteiger partial charge in [0.15, 0.2) is 17.5 Å². The first kappa shape index (κ1) is 25.8. The number of nitrogens with one attached hydrogen (secondary N) is 1. The van der Waals surface area contributed by atoms with Crippen LogP contribution in [0.25, 0.3) is 22.6 Å². The number of benzene rings is 2. The lowest BCUT2D eigenvalue weighted by Gasteiger charge is -2.10. The van der Waals surface area contributed by atoms with Crippen LogP contribution in [0, 0.1) is 18.6 Å². The van der Waals surface area contributed by atoms with Crippen molar-refractivity contribution >= 4 is 5.91 Å². The van der Waals surface area contributed by atoms with E-state index in [1.54, 1.807) is 17.3 Å². The molecular weight excluding hydrogens is 478 g/mol. The SMILES string of the molecule is Cc1cc(-c2ccc(=O)n(Cc3cccc(-c4ncc(CNC(=O)CN(C)C)cn4)c3)n2)cc(F)c1F. The molecule has 8 nitrogen and oxygen atoms in total. The molecule has 37 heavy (non-hydrogen) atoms. The average Bonchev–Trinajstić information content (AvgIpc) is 2.87. The molecular formula is C27H26F2N6O2. The number of nitrogens with zero attached hydrogens (tertiary/aromatic N) is 5. The summed E-state index contributed by atoms with van der Waals surface area (Å²) in [5.41, 5.74) is 2.87. The maximum atomic E-state index is 13.9. The molecule has 0 radical (unpaired) electrons. The minimum Gasteiger partial charge on any atom is -0.351 e. The number of carbonyl (C=O) groups excluding carboxylic acids is 1. The number of likely N-dealkylation sites (N-methyl/N-ethyl adjacent to an activating group) is 1. The van der Waals surface area contributed by atoms with Crippen molar-refractivity contribution < 1.29 is 13.6 Å². The summed E-state index contributed by atoms with van der Waals surface area (Å²) in [6, 6.07) is 12.8. The van der Waals surface area contributed by atoms with Gasteiger partial charge in [0.1, 0.15) is 0 Å². The average molecular weight is 505 g/mol. The summed E-state index contributed by atoms with van der Waals surface area (Å²) in [7, 11) is 3.64. The van der Waals surface area contributed by atoms with Gasteiger partial charge in [0.25, 0.3) is 5.56 Å². The van der Waals surface area contributed by atoms with E-state index in [1.807, 2.05) is 38.4 Å². The van der Waals surface area contributed by atoms with Gasteiger partial charge in [-0.15, -0.1) is 0 Å². The zero-order chi connectivity index (χ0) is 26.5. The first-order valence-corrected chi connectivity index (χ1v) is 11.6. The number of hydrogen-bond donors (Lipinski definition) is 1. The third-order valence-corrected chi connectivity index (χ3v) is 5.54. The third-order valence-electron chi connectivity index (χ3n) is 5.54. The maximum Gasteiger partial charge on any atom is 0.267 e. The zero-order valence-electron chi connectivity index (χ0n) is 20.7. The quantitative estimate of drug-likeness (QED) is 0.396. The molecule has 10 heteroatoms. The number of rotatable bonds is 8. The molecule has 0 fully saturated rings. The van der Waals surface area contributed by atoms with Crippen LogP contribution in [-0.2, 0) is 17.9 Å². The van der Waals surface area contributed by atoms with Gasteiger partial charge in [0.2, 0.25) is 5.91 Å². The van der Waals surface area contributed by atoms with Gasteiger partial charge in [-0.1, -0.05) is 18.2 Å². The van der Waals surface area contributed by atoms with Crippen molar-refractivity contribution in [1.29, 1.82) is 0 Å². The van der Waals surface area contributed by atoms with Gasteiger partial charge in [0, 0.05) is 41.7 Å². The highest BCUT2D eigenvalue weighted by atomic mass is 19.2. The van der Waals surface area contributed by atoms with Gasteiger partial charge in [-0.2, -0.15) is 5.10 Å². The topological polar surface area (TPSA) is 93.0 Å². The molecule has 0 atom stereocenters. The fourth-order valence-electron chi connectivity index (χ4n) is 3.71. The van der Waals surface area contributed by atoms with Crippen LogP contribution in [0.2, 0.25) is 0 Å². The summed E-state index contributed by atoms with van der Waals surface area (Å²) >= 11 is 0. The number of halogens is 2. The fraction of sp³-hybridized carbons (Fsp3) is 0.222. The molecule has 1 amide bonds. The lowest BCUT2D eigenvalue weighted by Crippen LogP contribution is -2.32. The molecule has 4 aromatic rings. The Hall–Kier alpha value is -4.31. The van der Waals surface area contributed by atoms with Crippen LogP contribution in [0.5, 0.6) is 0 Å². The monoisotopic (exact) mass is 504 g/mol. The minimum absolute atomic E-state index is 0.0885. The molecule has 0 spiro atoms. The normalized spacial score (nSPS) is 11.1. The van der Waals surface area contributed by atoms with Crippen molar-refractivity contribution in [3.05, 3.63) is 99.6 Å². The van der Waals surface area contributed by atoms with Crippen LogP contribution in [-0.4, -0.2) is 51.2 Å². The maximum absolute atomic E-state index is 13.9. The Morgan fingerprint density at radius 2 is 1.76 bits per heavy atom. The van der Waals surface area contributed by atoms with E-state index in [1.165, 1.54) is 29.8 Å². The number of aryl methyl sites for hydroxylation is 1. The molecule has 0 bridgehead atoms. The molecule has 0 aliphatic rings. The molecule has 2 aromatic heterocycles. The van der Waals surface area contributed by atoms with E-state index in [0.29, 0.717) is 30.2 Å². The van der Waals surface area contributed by atoms with Crippen molar-refractivity contribution in [3.63, 3.8) is 0 Å². The summed E-state index contributed by atoms with van der Waals surface area (Å²) in [5.74, 6) is -1.46. The first-order chi connectivity index (χ1) is 17.7. The predicted molar refractivity (Wildman–Crippen MR) is 136 cm³/mol. The van der Waals surface area contributed by atoms with Crippen LogP contribution in [0.3, 0.4) is 0 Å². The van der Waals surface area contributed by atoms with Gasteiger partial charge in [-0.25, -0.2) is 23.4 Å². The largest absolute Gasteiger partial charge is 0.351 e. The lowest BCUT2D eigenvalue weighted by molar-refractivity contribution is -0.121. The standard InChI is InChI=1S/C27H26F2N6O2/c1-17-9-21(11-22(28)26(17)29)23-7-8-25(37)35(33-23)15-18-5-4-6-20(10-18)27-31-13-19(14-32-27)12-30-24(36)16-34(2)3/h4-11,13-14H,12,15-16H2,1-3H3,(H,30,36). The van der Waals surface area contributed by atoms with E-state index < -0.39 is 11.6 Å². The number of amides is 1. The molecule has 0 unspecified atom stereocenters. The highest BCUT2D eigenvalue weighted by molar-refractivity contribution is 5.77. The van der Waals surface area contributed by atoms with Crippen molar-refractivity contribution in [3.8, 4) is 22.6 Å². The van der Waals surface area contributed by atoms with E-state index in [0.717, 1.165) is 22.8 Å². The van der Waals surface area contributed by atoms with Crippen molar-refractivity contribution in [1.82, 2.24) is 30.0 Å². The molecule has 0 aliphatic carbocycles. The highest BCUT2D eigenvalue weighted by Gasteiger charge is 2.12. The number of aromatic nitrogens is 4. The smallest absolute Gasteiger partial charge is 0.267 e. The second-order valence-electron chi connectivity index (χ2n) is 8.93. The Morgan fingerprint density at radius 3 is 2.46 bits per heavy atom. The molecule has 1 N–H and O–H groups in total. The summed E-state index contributed by atoms with van der Waals surface area (Å²) in [6.07, 6.45) is 3.31. The second-order valence-corrected chi connectivity index (χ2v) is 8.93. The number of hydrogen-bond acceptors (Lipinski definition) is 6. The Bertz CT molecular complexity index is 1460. The van der Waals surface area contributed by atoms with Gasteiger partial charge < -0.3 is 10.2 Å². The van der Waals surface area contributed by atoms with Gasteiger partial charge >= 0.3 is 0 Å². The molecule has 0 saturated heterocycles. The summed E-state index contributed by atoms with van der Waals surface area (Å²) < 4.78 is 28.9. The number of carbonyl (C=O) groups is 1. The summed E-state index contributed by atoms with van der Waals surface area (Å²) in [4.78, 5) is 34.9. The Balaban J connectivity index is 1.51. The van der Waals surface area contributed by atoms with Crippen LogP contribution >= 0.6 is 0 Å². The second kappa shape index (κ2) is 11.2. The molecule has 2 aromatic carbocycles. The summed E-state index contributed by atoms with van der Waals surface area (Å²) in [5, 5.41) is 7.18. The van der Waals surface area contributed by atoms with Gasteiger partial charge in [-0.05, 0) is 56.4 Å². The lowest BCUT2D eigenvalue weighted by atomic mass is 10.1. The first-order valence-electron chi connectivity index (χ1n) is 11.6. The predicted octanol–water partition coefficient (Wildman–Crippen LogP) is 3.18. The van der Waals surface area contributed by atoms with Crippen LogP contribution in [0.4, 0.5) is 8.78 Å². The Morgan fingerprint density at radius 1 is 1.00 bits per heavy atom. The molecule has 4 rings (SSSR count). The van der Waals surface area contributed by atoms with Crippen LogP contribution < -0.4 is 10.9 Å². The zero-order valence-corrected chi connectivity index (χ0v) is 20.7. The molecule has 2 heterocycles. The fourth-order valence-corrected chi connectivity index (χ4v) is 3.71. The van der Waals surface area contributed by atoms with Crippen molar-refractivity contribution in [2.24, 2.45) is 0 Å². The Labute approximate surface area is 212 Å². The van der Waals surface area contributed by atoms with E-state index in [2.05, 4.69) is 20.4 Å². The van der Waals surface area contributed by atoms with Crippen LogP contribution in [0.1, 0.15) is 16.7 Å². The van der Waals surface area contributed by atoms with E-state index in [9.17, 15) is 18.4 Å². The van der Waals surface area contributed by atoms with Crippen molar-refractivity contribution in [2.45, 2.75) is 20.0 Å².